The summed E-state index contributed by atoms with van der Waals surface area (Å²) in [5.41, 5.74) is 3.35. The quantitative estimate of drug-likeness (QED) is 0.672. The highest BCUT2D eigenvalue weighted by Gasteiger charge is 2.14. The third-order valence-electron chi connectivity index (χ3n) is 4.39. The number of carbonyl (C=O) groups excluding carboxylic acids is 3. The Balaban J connectivity index is 1.75. The predicted molar refractivity (Wildman–Crippen MR) is 115 cm³/mol. The van der Waals surface area contributed by atoms with E-state index in [9.17, 15) is 14.4 Å². The van der Waals surface area contributed by atoms with E-state index in [2.05, 4.69) is 36.7 Å². The van der Waals surface area contributed by atoms with Crippen LogP contribution >= 0.6 is 0 Å². The van der Waals surface area contributed by atoms with Gasteiger partial charge in [0.2, 0.25) is 11.8 Å². The van der Waals surface area contributed by atoms with Crippen molar-refractivity contribution < 1.29 is 14.4 Å². The van der Waals surface area contributed by atoms with Gasteiger partial charge >= 0.3 is 0 Å². The fourth-order valence-electron chi connectivity index (χ4n) is 2.76. The second kappa shape index (κ2) is 9.87. The molecule has 0 aliphatic carbocycles. The Morgan fingerprint density at radius 2 is 1.62 bits per heavy atom. The number of nitrogens with one attached hydrogen (secondary N) is 3. The van der Waals surface area contributed by atoms with Crippen LogP contribution in [-0.4, -0.2) is 24.3 Å². The number of amides is 3. The molecule has 3 N–H and O–H groups in total. The van der Waals surface area contributed by atoms with Gasteiger partial charge in [-0.15, -0.1) is 0 Å². The van der Waals surface area contributed by atoms with Crippen molar-refractivity contribution in [3.8, 4) is 0 Å². The Labute approximate surface area is 172 Å². The van der Waals surface area contributed by atoms with Gasteiger partial charge in [-0.3, -0.25) is 14.4 Å². The molecule has 0 aromatic heterocycles. The van der Waals surface area contributed by atoms with Crippen LogP contribution in [0.15, 0.2) is 48.5 Å². The van der Waals surface area contributed by atoms with Gasteiger partial charge in [-0.25, -0.2) is 0 Å². The van der Waals surface area contributed by atoms with Gasteiger partial charge in [-0.2, -0.15) is 0 Å². The number of carbonyl (C=O) groups is 3. The lowest BCUT2D eigenvalue weighted by Crippen LogP contribution is -2.30. The minimum absolute atomic E-state index is 0.0365. The molecular formula is C23H29N3O3. The fourth-order valence-corrected chi connectivity index (χ4v) is 2.76. The van der Waals surface area contributed by atoms with Crippen molar-refractivity contribution in [3.05, 3.63) is 65.2 Å². The molecule has 0 saturated heterocycles. The number of hydrogen-bond donors (Lipinski definition) is 3. The van der Waals surface area contributed by atoms with Gasteiger partial charge in [-0.1, -0.05) is 45.0 Å². The lowest BCUT2D eigenvalue weighted by Gasteiger charge is -2.19. The maximum Gasteiger partial charge on any atom is 0.251 e. The Bertz CT molecular complexity index is 868. The second-order valence-electron chi connectivity index (χ2n) is 7.99. The fraction of sp³-hybridized carbons (Fsp3) is 0.348. The van der Waals surface area contributed by atoms with Crippen LogP contribution in [-0.2, 0) is 21.5 Å². The van der Waals surface area contributed by atoms with Gasteiger partial charge < -0.3 is 16.0 Å². The molecule has 2 aromatic carbocycles. The molecule has 154 valence electrons. The largest absolute Gasteiger partial charge is 0.352 e. The SMILES string of the molecule is CC(=O)Nc1cccc(CNC(=O)CCNC(=O)c2ccc(C(C)(C)C)cc2)c1. The molecule has 0 saturated carbocycles. The zero-order valence-corrected chi connectivity index (χ0v) is 17.5. The average molecular weight is 396 g/mol. The molecule has 2 aromatic rings. The third kappa shape index (κ3) is 7.41. The Morgan fingerprint density at radius 3 is 2.24 bits per heavy atom. The van der Waals surface area contributed by atoms with E-state index in [1.807, 2.05) is 30.3 Å². The zero-order valence-electron chi connectivity index (χ0n) is 17.5. The Morgan fingerprint density at radius 1 is 0.931 bits per heavy atom. The standard InChI is InChI=1S/C23H29N3O3/c1-16(27)26-20-7-5-6-17(14-20)15-25-21(28)12-13-24-22(29)18-8-10-19(11-9-18)23(2,3)4/h5-11,14H,12-13,15H2,1-4H3,(H,24,29)(H,25,28)(H,26,27). The summed E-state index contributed by atoms with van der Waals surface area (Å²) < 4.78 is 0. The van der Waals surface area contributed by atoms with Crippen LogP contribution in [0.4, 0.5) is 5.69 Å². The number of benzene rings is 2. The highest BCUT2D eigenvalue weighted by atomic mass is 16.2. The van der Waals surface area contributed by atoms with E-state index in [-0.39, 0.29) is 36.1 Å². The van der Waals surface area contributed by atoms with E-state index in [1.165, 1.54) is 6.92 Å². The molecule has 0 radical (unpaired) electrons. The summed E-state index contributed by atoms with van der Waals surface area (Å²) >= 11 is 0. The van der Waals surface area contributed by atoms with Crippen LogP contribution in [0, 0.1) is 0 Å². The van der Waals surface area contributed by atoms with Crippen molar-refractivity contribution in [2.75, 3.05) is 11.9 Å². The van der Waals surface area contributed by atoms with Crippen molar-refractivity contribution in [2.24, 2.45) is 0 Å². The first-order valence-corrected chi connectivity index (χ1v) is 9.67. The van der Waals surface area contributed by atoms with Gasteiger partial charge in [0.1, 0.15) is 0 Å². The molecule has 0 aliphatic heterocycles. The first-order valence-electron chi connectivity index (χ1n) is 9.67. The normalized spacial score (nSPS) is 10.9. The van der Waals surface area contributed by atoms with Crippen molar-refractivity contribution in [3.63, 3.8) is 0 Å². The maximum absolute atomic E-state index is 12.2. The van der Waals surface area contributed by atoms with Gasteiger partial charge in [0, 0.05) is 37.7 Å². The van der Waals surface area contributed by atoms with E-state index in [1.54, 1.807) is 18.2 Å². The summed E-state index contributed by atoms with van der Waals surface area (Å²) in [7, 11) is 0. The van der Waals surface area contributed by atoms with E-state index in [4.69, 9.17) is 0 Å². The van der Waals surface area contributed by atoms with Gasteiger partial charge in [-0.05, 0) is 40.8 Å². The molecule has 2 rings (SSSR count). The highest BCUT2D eigenvalue weighted by molar-refractivity contribution is 5.94. The third-order valence-corrected chi connectivity index (χ3v) is 4.39. The van der Waals surface area contributed by atoms with Gasteiger partial charge in [0.25, 0.3) is 5.91 Å². The van der Waals surface area contributed by atoms with Crippen LogP contribution in [0.3, 0.4) is 0 Å². The lowest BCUT2D eigenvalue weighted by atomic mass is 9.87. The monoisotopic (exact) mass is 395 g/mol. The summed E-state index contributed by atoms with van der Waals surface area (Å²) in [6.45, 7) is 8.43. The van der Waals surface area contributed by atoms with Crippen LogP contribution < -0.4 is 16.0 Å². The molecule has 0 atom stereocenters. The van der Waals surface area contributed by atoms with E-state index in [0.717, 1.165) is 11.1 Å². The lowest BCUT2D eigenvalue weighted by molar-refractivity contribution is -0.121. The van der Waals surface area contributed by atoms with Crippen LogP contribution in [0.5, 0.6) is 0 Å². The van der Waals surface area contributed by atoms with Crippen LogP contribution in [0.1, 0.15) is 55.6 Å². The van der Waals surface area contributed by atoms with E-state index in [0.29, 0.717) is 17.8 Å². The summed E-state index contributed by atoms with van der Waals surface area (Å²) in [4.78, 5) is 35.3. The van der Waals surface area contributed by atoms with Gasteiger partial charge in [0.15, 0.2) is 0 Å². The summed E-state index contributed by atoms with van der Waals surface area (Å²) in [5.74, 6) is -0.491. The molecule has 0 heterocycles. The highest BCUT2D eigenvalue weighted by Crippen LogP contribution is 2.22. The molecule has 0 unspecified atom stereocenters. The zero-order chi connectivity index (χ0) is 21.4. The van der Waals surface area contributed by atoms with Crippen LogP contribution in [0.2, 0.25) is 0 Å². The molecule has 0 spiro atoms. The van der Waals surface area contributed by atoms with E-state index < -0.39 is 0 Å². The molecule has 0 aliphatic rings. The van der Waals surface area contributed by atoms with E-state index >= 15 is 0 Å². The second-order valence-corrected chi connectivity index (χ2v) is 7.99. The summed E-state index contributed by atoms with van der Waals surface area (Å²) in [5, 5.41) is 8.29. The molecule has 0 fully saturated rings. The Kier molecular flexibility index (Phi) is 7.53. The number of rotatable bonds is 7. The first kappa shape index (κ1) is 22.1. The first-order chi connectivity index (χ1) is 13.6. The Hall–Kier alpha value is -3.15. The summed E-state index contributed by atoms with van der Waals surface area (Å²) in [6, 6.07) is 14.8. The maximum atomic E-state index is 12.2. The molecule has 6 nitrogen and oxygen atoms in total. The predicted octanol–water partition coefficient (Wildman–Crippen LogP) is 3.38. The topological polar surface area (TPSA) is 87.3 Å². The van der Waals surface area contributed by atoms with Crippen LogP contribution in [0.25, 0.3) is 0 Å². The molecule has 0 bridgehead atoms. The summed E-state index contributed by atoms with van der Waals surface area (Å²) in [6.07, 6.45) is 0.192. The van der Waals surface area contributed by atoms with Crippen molar-refractivity contribution >= 4 is 23.4 Å². The molecule has 29 heavy (non-hydrogen) atoms. The minimum Gasteiger partial charge on any atom is -0.352 e. The molecular weight excluding hydrogens is 366 g/mol. The van der Waals surface area contributed by atoms with Gasteiger partial charge in [0.05, 0.1) is 0 Å². The molecule has 6 heteroatoms. The molecule has 3 amide bonds. The number of hydrogen-bond acceptors (Lipinski definition) is 3. The van der Waals surface area contributed by atoms with Crippen molar-refractivity contribution in [1.29, 1.82) is 0 Å². The van der Waals surface area contributed by atoms with Crippen molar-refractivity contribution in [2.45, 2.75) is 46.1 Å². The minimum atomic E-state index is -0.193. The number of anilines is 1. The van der Waals surface area contributed by atoms with Crippen molar-refractivity contribution in [1.82, 2.24) is 10.6 Å². The smallest absolute Gasteiger partial charge is 0.251 e. The average Bonchev–Trinajstić information content (AvgIpc) is 2.65.